The van der Waals surface area contributed by atoms with E-state index in [0.29, 0.717) is 38.4 Å². The Hall–Kier alpha value is -2.66. The number of methoxy groups -OCH3 is 2. The van der Waals surface area contributed by atoms with E-state index in [-0.39, 0.29) is 18.3 Å². The second-order valence-corrected chi connectivity index (χ2v) is 8.52. The average molecular weight is 613 g/mol. The SMILES string of the molecule is COc1cc(C(=O)N/N=C\c2cc(Br)c(OCc3cccc(F)c3)c(OC)c2)ccc1I. The lowest BCUT2D eigenvalue weighted by molar-refractivity contribution is 0.0954. The summed E-state index contributed by atoms with van der Waals surface area (Å²) >= 11 is 5.59. The number of halogens is 3. The first kappa shape index (κ1) is 24.0. The van der Waals surface area contributed by atoms with Crippen molar-refractivity contribution in [1.82, 2.24) is 5.43 Å². The Bertz CT molecular complexity index is 1160. The lowest BCUT2D eigenvalue weighted by Crippen LogP contribution is -2.17. The zero-order valence-corrected chi connectivity index (χ0v) is 20.9. The number of carbonyl (C=O) groups is 1. The van der Waals surface area contributed by atoms with Crippen LogP contribution >= 0.6 is 38.5 Å². The summed E-state index contributed by atoms with van der Waals surface area (Å²) in [4.78, 5) is 12.3. The highest BCUT2D eigenvalue weighted by atomic mass is 127. The van der Waals surface area contributed by atoms with Crippen LogP contribution in [0.5, 0.6) is 17.2 Å². The zero-order valence-electron chi connectivity index (χ0n) is 17.2. The molecule has 0 saturated heterocycles. The molecular weight excluding hydrogens is 594 g/mol. The Morgan fingerprint density at radius 3 is 2.62 bits per heavy atom. The second-order valence-electron chi connectivity index (χ2n) is 6.50. The summed E-state index contributed by atoms with van der Waals surface area (Å²) in [6, 6.07) is 14.8. The third-order valence-corrected chi connectivity index (χ3v) is 5.80. The molecular formula is C23H19BrFIN2O4. The van der Waals surface area contributed by atoms with Gasteiger partial charge < -0.3 is 14.2 Å². The first-order chi connectivity index (χ1) is 15.4. The Morgan fingerprint density at radius 2 is 1.91 bits per heavy atom. The molecule has 0 aromatic heterocycles. The summed E-state index contributed by atoms with van der Waals surface area (Å²) in [6.07, 6.45) is 1.49. The van der Waals surface area contributed by atoms with Crippen LogP contribution in [0.25, 0.3) is 0 Å². The Labute approximate surface area is 207 Å². The molecule has 3 aromatic rings. The molecule has 6 nitrogen and oxygen atoms in total. The van der Waals surface area contributed by atoms with Crippen molar-refractivity contribution in [2.45, 2.75) is 6.61 Å². The van der Waals surface area contributed by atoms with Gasteiger partial charge in [-0.05, 0) is 92.1 Å². The highest BCUT2D eigenvalue weighted by Gasteiger charge is 2.12. The van der Waals surface area contributed by atoms with Crippen LogP contribution in [0.15, 0.2) is 64.2 Å². The molecule has 0 spiro atoms. The minimum absolute atomic E-state index is 0.176. The maximum absolute atomic E-state index is 13.4. The molecule has 0 atom stereocenters. The lowest BCUT2D eigenvalue weighted by Gasteiger charge is -2.13. The summed E-state index contributed by atoms with van der Waals surface area (Å²) in [7, 11) is 3.07. The number of benzene rings is 3. The van der Waals surface area contributed by atoms with Crippen LogP contribution in [0.2, 0.25) is 0 Å². The molecule has 1 amide bonds. The molecule has 32 heavy (non-hydrogen) atoms. The van der Waals surface area contributed by atoms with Crippen molar-refractivity contribution in [1.29, 1.82) is 0 Å². The zero-order chi connectivity index (χ0) is 23.1. The lowest BCUT2D eigenvalue weighted by atomic mass is 10.2. The topological polar surface area (TPSA) is 69.2 Å². The summed E-state index contributed by atoms with van der Waals surface area (Å²) < 4.78 is 31.4. The summed E-state index contributed by atoms with van der Waals surface area (Å²) in [5.41, 5.74) is 4.29. The number of hydrazone groups is 1. The molecule has 0 aliphatic carbocycles. The highest BCUT2D eigenvalue weighted by Crippen LogP contribution is 2.37. The van der Waals surface area contributed by atoms with Crippen LogP contribution in [-0.2, 0) is 6.61 Å². The number of hydrogen-bond acceptors (Lipinski definition) is 5. The molecule has 0 fully saturated rings. The van der Waals surface area contributed by atoms with Crippen LogP contribution in [0.4, 0.5) is 4.39 Å². The van der Waals surface area contributed by atoms with Gasteiger partial charge in [-0.2, -0.15) is 5.10 Å². The van der Waals surface area contributed by atoms with E-state index in [2.05, 4.69) is 49.0 Å². The minimum Gasteiger partial charge on any atom is -0.496 e. The number of amides is 1. The van der Waals surface area contributed by atoms with Crippen LogP contribution < -0.4 is 19.6 Å². The number of carbonyl (C=O) groups excluding carboxylic acids is 1. The van der Waals surface area contributed by atoms with Crippen LogP contribution in [0.3, 0.4) is 0 Å². The Balaban J connectivity index is 1.69. The van der Waals surface area contributed by atoms with Gasteiger partial charge >= 0.3 is 0 Å². The van der Waals surface area contributed by atoms with Crippen molar-refractivity contribution in [2.24, 2.45) is 5.10 Å². The van der Waals surface area contributed by atoms with E-state index in [4.69, 9.17) is 14.2 Å². The van der Waals surface area contributed by atoms with Crippen molar-refractivity contribution in [3.8, 4) is 17.2 Å². The van der Waals surface area contributed by atoms with Gasteiger partial charge in [-0.25, -0.2) is 9.82 Å². The third kappa shape index (κ3) is 6.19. The van der Waals surface area contributed by atoms with E-state index < -0.39 is 0 Å². The van der Waals surface area contributed by atoms with Gasteiger partial charge in [-0.3, -0.25) is 4.79 Å². The van der Waals surface area contributed by atoms with Crippen molar-refractivity contribution < 1.29 is 23.4 Å². The van der Waals surface area contributed by atoms with Gasteiger partial charge in [-0.1, -0.05) is 12.1 Å². The van der Waals surface area contributed by atoms with Gasteiger partial charge in [0.15, 0.2) is 11.5 Å². The monoisotopic (exact) mass is 612 g/mol. The van der Waals surface area contributed by atoms with E-state index in [0.717, 1.165) is 3.57 Å². The molecule has 0 bridgehead atoms. The molecule has 0 saturated carbocycles. The summed E-state index contributed by atoms with van der Waals surface area (Å²) in [6.45, 7) is 0.176. The fourth-order valence-electron chi connectivity index (χ4n) is 2.77. The Kier molecular flexibility index (Phi) is 8.46. The molecule has 3 aromatic carbocycles. The quantitative estimate of drug-likeness (QED) is 0.206. The number of hydrogen-bond donors (Lipinski definition) is 1. The van der Waals surface area contributed by atoms with Crippen molar-refractivity contribution >= 4 is 50.6 Å². The molecule has 9 heteroatoms. The standard InChI is InChI=1S/C23H19BrFIN2O4/c1-30-20-11-16(6-7-19(20)26)23(29)28-27-12-15-9-18(24)22(21(10-15)31-2)32-13-14-4-3-5-17(25)8-14/h3-12H,13H2,1-2H3,(H,28,29)/b27-12-. The van der Waals surface area contributed by atoms with Crippen LogP contribution in [0.1, 0.15) is 21.5 Å². The number of ether oxygens (including phenoxy) is 3. The smallest absolute Gasteiger partial charge is 0.271 e. The molecule has 1 N–H and O–H groups in total. The van der Waals surface area contributed by atoms with Crippen LogP contribution in [0, 0.1) is 9.39 Å². The largest absolute Gasteiger partial charge is 0.496 e. The Morgan fingerprint density at radius 1 is 1.12 bits per heavy atom. The van der Waals surface area contributed by atoms with Gasteiger partial charge in [0.2, 0.25) is 0 Å². The molecule has 0 aliphatic rings. The van der Waals surface area contributed by atoms with E-state index in [1.165, 1.54) is 25.5 Å². The number of nitrogens with one attached hydrogen (secondary N) is 1. The molecule has 166 valence electrons. The summed E-state index contributed by atoms with van der Waals surface area (Å²) in [5, 5.41) is 4.02. The second kappa shape index (κ2) is 11.3. The minimum atomic E-state index is -0.364. The molecule has 0 unspecified atom stereocenters. The molecule has 0 aliphatic heterocycles. The van der Waals surface area contributed by atoms with Crippen molar-refractivity contribution in [2.75, 3.05) is 14.2 Å². The predicted octanol–water partition coefficient (Wildman–Crippen LogP) is 5.55. The average Bonchev–Trinajstić information content (AvgIpc) is 2.78. The predicted molar refractivity (Wildman–Crippen MR) is 132 cm³/mol. The van der Waals surface area contributed by atoms with E-state index in [1.807, 2.05) is 0 Å². The van der Waals surface area contributed by atoms with Gasteiger partial charge in [0.25, 0.3) is 5.91 Å². The van der Waals surface area contributed by atoms with Crippen molar-refractivity contribution in [3.63, 3.8) is 0 Å². The maximum Gasteiger partial charge on any atom is 0.271 e. The van der Waals surface area contributed by atoms with E-state index in [1.54, 1.807) is 49.6 Å². The van der Waals surface area contributed by atoms with Crippen LogP contribution in [-0.4, -0.2) is 26.3 Å². The number of rotatable bonds is 8. The van der Waals surface area contributed by atoms with E-state index >= 15 is 0 Å². The van der Waals surface area contributed by atoms with E-state index in [9.17, 15) is 9.18 Å². The van der Waals surface area contributed by atoms with Crippen molar-refractivity contribution in [3.05, 3.63) is 85.1 Å². The first-order valence-corrected chi connectivity index (χ1v) is 11.2. The first-order valence-electron chi connectivity index (χ1n) is 9.33. The fraction of sp³-hybridized carbons (Fsp3) is 0.130. The van der Waals surface area contributed by atoms with Gasteiger partial charge in [0.1, 0.15) is 18.2 Å². The van der Waals surface area contributed by atoms with Gasteiger partial charge in [0.05, 0.1) is 28.5 Å². The maximum atomic E-state index is 13.4. The highest BCUT2D eigenvalue weighted by molar-refractivity contribution is 14.1. The summed E-state index contributed by atoms with van der Waals surface area (Å²) in [5.74, 6) is 0.867. The fourth-order valence-corrected chi connectivity index (χ4v) is 3.90. The normalized spacial score (nSPS) is 10.8. The molecule has 3 rings (SSSR count). The molecule has 0 radical (unpaired) electrons. The van der Waals surface area contributed by atoms with Gasteiger partial charge in [0, 0.05) is 5.56 Å². The third-order valence-electron chi connectivity index (χ3n) is 4.32. The number of nitrogens with zero attached hydrogens (tertiary/aromatic N) is 1. The van der Waals surface area contributed by atoms with Gasteiger partial charge in [-0.15, -0.1) is 0 Å². The molecule has 0 heterocycles.